The fourth-order valence-corrected chi connectivity index (χ4v) is 12.8. The number of hydrogen-bond acceptors (Lipinski definition) is 2. The fourth-order valence-electron chi connectivity index (χ4n) is 12.8. The quantitative estimate of drug-likeness (QED) is 0.181. The number of hydrogen-bond donors (Lipinski definition) is 0. The van der Waals surface area contributed by atoms with E-state index in [2.05, 4.69) is 159 Å². The molecule has 0 unspecified atom stereocenters. The number of pyridine rings is 1. The van der Waals surface area contributed by atoms with E-state index < -0.39 is 0 Å². The van der Waals surface area contributed by atoms with Crippen LogP contribution in [-0.2, 0) is 10.8 Å². The van der Waals surface area contributed by atoms with Crippen LogP contribution in [0, 0.1) is 35.0 Å². The molecule has 0 aliphatic heterocycles. The van der Waals surface area contributed by atoms with E-state index in [1.807, 2.05) is 6.07 Å². The monoisotopic (exact) mass is 732 g/mol. The molecule has 1 heterocycles. The minimum atomic E-state index is -0.171. The van der Waals surface area contributed by atoms with E-state index in [-0.39, 0.29) is 10.8 Å². The number of fused-ring (bicyclic) bond motifs is 6. The number of nitriles is 1. The molecule has 4 bridgehead atoms. The van der Waals surface area contributed by atoms with Gasteiger partial charge in [0.05, 0.1) is 23.0 Å². The first-order chi connectivity index (χ1) is 27.9. The van der Waals surface area contributed by atoms with Crippen LogP contribution >= 0.6 is 0 Å². The Hall–Kier alpha value is -6.04. The first-order valence-electron chi connectivity index (χ1n) is 21.0. The summed E-state index contributed by atoms with van der Waals surface area (Å²) in [6.45, 7) is 4.79. The maximum atomic E-state index is 10.0. The van der Waals surface area contributed by atoms with E-state index >= 15 is 0 Å². The lowest BCUT2D eigenvalue weighted by Gasteiger charge is -2.61. The Kier molecular flexibility index (Phi) is 6.97. The molecule has 13 rings (SSSR count). The van der Waals surface area contributed by atoms with Crippen molar-refractivity contribution in [2.75, 3.05) is 0 Å². The molecule has 0 atom stereocenters. The molecule has 57 heavy (non-hydrogen) atoms. The van der Waals surface area contributed by atoms with E-state index in [9.17, 15) is 5.26 Å². The minimum absolute atomic E-state index is 0.0568. The highest BCUT2D eigenvalue weighted by atomic mass is 14.7. The molecule has 6 aliphatic rings. The first-order valence-corrected chi connectivity index (χ1v) is 21.0. The molecular formula is C55H44N2. The third-order valence-corrected chi connectivity index (χ3v) is 15.1. The van der Waals surface area contributed by atoms with Crippen LogP contribution in [0.2, 0.25) is 0 Å². The fraction of sp³-hybridized carbons (Fsp3) is 0.236. The summed E-state index contributed by atoms with van der Waals surface area (Å²) in [6, 6.07) is 56.3. The Balaban J connectivity index is 0.938. The highest BCUT2D eigenvalue weighted by Crippen LogP contribution is 2.69. The summed E-state index contributed by atoms with van der Waals surface area (Å²) in [6.07, 6.45) is 6.81. The second-order valence-corrected chi connectivity index (χ2v) is 18.3. The molecule has 0 amide bonds. The Morgan fingerprint density at radius 1 is 0.456 bits per heavy atom. The van der Waals surface area contributed by atoms with Gasteiger partial charge in [-0.25, -0.2) is 4.98 Å². The van der Waals surface area contributed by atoms with E-state index in [0.29, 0.717) is 11.8 Å². The SMILES string of the molecule is CC1(C)c2cc(-c3cc(-c4ccccc4)nc(-c4ccccc4)c3)ccc2-c2ccc(-c3ccc4c(c3)-c3ccc(C#N)cc3C43C4CC5CC(C4)CC3C5)cc21. The second-order valence-electron chi connectivity index (χ2n) is 18.3. The van der Waals surface area contributed by atoms with Crippen molar-refractivity contribution in [3.8, 4) is 73.1 Å². The summed E-state index contributed by atoms with van der Waals surface area (Å²) in [5.74, 6) is 3.14. The van der Waals surface area contributed by atoms with Crippen LogP contribution < -0.4 is 0 Å². The zero-order valence-electron chi connectivity index (χ0n) is 32.6. The smallest absolute Gasteiger partial charge is 0.0991 e. The maximum Gasteiger partial charge on any atom is 0.0991 e. The predicted octanol–water partition coefficient (Wildman–Crippen LogP) is 13.7. The van der Waals surface area contributed by atoms with Crippen molar-refractivity contribution in [1.82, 2.24) is 4.98 Å². The molecule has 2 heteroatoms. The highest BCUT2D eigenvalue weighted by molar-refractivity contribution is 5.89. The van der Waals surface area contributed by atoms with Gasteiger partial charge in [-0.3, -0.25) is 0 Å². The van der Waals surface area contributed by atoms with Gasteiger partial charge >= 0.3 is 0 Å². The molecule has 6 aliphatic carbocycles. The first kappa shape index (κ1) is 33.1. The van der Waals surface area contributed by atoms with E-state index in [0.717, 1.165) is 39.9 Å². The van der Waals surface area contributed by atoms with Crippen molar-refractivity contribution >= 4 is 0 Å². The molecule has 0 N–H and O–H groups in total. The third-order valence-electron chi connectivity index (χ3n) is 15.1. The third kappa shape index (κ3) is 4.72. The van der Waals surface area contributed by atoms with Gasteiger partial charge in [-0.2, -0.15) is 5.26 Å². The summed E-state index contributed by atoms with van der Waals surface area (Å²) >= 11 is 0. The van der Waals surface area contributed by atoms with Gasteiger partial charge in [0.15, 0.2) is 0 Å². The molecule has 6 aromatic carbocycles. The zero-order chi connectivity index (χ0) is 38.0. The Morgan fingerprint density at radius 3 is 1.54 bits per heavy atom. The lowest BCUT2D eigenvalue weighted by atomic mass is 9.43. The molecule has 7 aromatic rings. The predicted molar refractivity (Wildman–Crippen MR) is 232 cm³/mol. The Morgan fingerprint density at radius 2 is 0.965 bits per heavy atom. The lowest BCUT2D eigenvalue weighted by Crippen LogP contribution is -2.55. The highest BCUT2D eigenvalue weighted by Gasteiger charge is 2.61. The zero-order valence-corrected chi connectivity index (χ0v) is 32.6. The average Bonchev–Trinajstić information content (AvgIpc) is 3.66. The van der Waals surface area contributed by atoms with Crippen molar-refractivity contribution in [2.24, 2.45) is 23.7 Å². The van der Waals surface area contributed by atoms with Gasteiger partial charge < -0.3 is 0 Å². The van der Waals surface area contributed by atoms with Crippen LogP contribution in [0.3, 0.4) is 0 Å². The molecular weight excluding hydrogens is 689 g/mol. The van der Waals surface area contributed by atoms with Crippen LogP contribution in [0.15, 0.2) is 146 Å². The van der Waals surface area contributed by atoms with Gasteiger partial charge in [-0.15, -0.1) is 0 Å². The number of rotatable bonds is 4. The standard InChI is InChI=1S/C55H44N2/c1-54(2)49-28-39(38-16-20-48-47(27-38)46-17-13-33(32-56)26-51(46)55(48)42-22-34-21-35(24-42)25-43(55)23-34)14-18-44(49)45-19-15-40(29-50(45)54)41-30-52(36-9-5-3-6-10-36)57-53(31-41)37-11-7-4-8-12-37/h3-20,26-31,34-35,42-43H,21-25H2,1-2H3. The van der Waals surface area contributed by atoms with E-state index in [1.165, 1.54) is 98.9 Å². The van der Waals surface area contributed by atoms with Crippen molar-refractivity contribution in [3.63, 3.8) is 0 Å². The van der Waals surface area contributed by atoms with Crippen LogP contribution in [-0.4, -0.2) is 4.98 Å². The number of aromatic nitrogens is 1. The molecule has 1 spiro atoms. The van der Waals surface area contributed by atoms with Crippen molar-refractivity contribution in [1.29, 1.82) is 5.26 Å². The van der Waals surface area contributed by atoms with Crippen LogP contribution in [0.5, 0.6) is 0 Å². The Bertz CT molecular complexity index is 2750. The lowest BCUT2D eigenvalue weighted by molar-refractivity contribution is -0.0399. The molecule has 1 aromatic heterocycles. The topological polar surface area (TPSA) is 36.7 Å². The van der Waals surface area contributed by atoms with E-state index in [1.54, 1.807) is 0 Å². The minimum Gasteiger partial charge on any atom is -0.248 e. The molecule has 2 nitrogen and oxygen atoms in total. The van der Waals surface area contributed by atoms with Gasteiger partial charge in [0.25, 0.3) is 0 Å². The van der Waals surface area contributed by atoms with Gasteiger partial charge in [-0.05, 0) is 165 Å². The Labute approximate surface area is 335 Å². The summed E-state index contributed by atoms with van der Waals surface area (Å²) in [5.41, 5.74) is 21.0. The summed E-state index contributed by atoms with van der Waals surface area (Å²) < 4.78 is 0. The average molecular weight is 733 g/mol. The van der Waals surface area contributed by atoms with Gasteiger partial charge in [-0.1, -0.05) is 117 Å². The number of nitrogens with zero attached hydrogens (tertiary/aromatic N) is 2. The van der Waals surface area contributed by atoms with E-state index in [4.69, 9.17) is 4.98 Å². The normalized spacial score (nSPS) is 23.8. The molecule has 0 saturated heterocycles. The van der Waals surface area contributed by atoms with Gasteiger partial charge in [0.1, 0.15) is 0 Å². The second kappa shape index (κ2) is 12.0. The molecule has 0 radical (unpaired) electrons. The molecule has 4 fully saturated rings. The summed E-state index contributed by atoms with van der Waals surface area (Å²) in [5, 5.41) is 10.0. The van der Waals surface area contributed by atoms with Crippen LogP contribution in [0.25, 0.3) is 67.0 Å². The number of benzene rings is 6. The molecule has 274 valence electrons. The maximum absolute atomic E-state index is 10.0. The van der Waals surface area contributed by atoms with Crippen LogP contribution in [0.4, 0.5) is 0 Å². The van der Waals surface area contributed by atoms with Gasteiger partial charge in [0.2, 0.25) is 0 Å². The summed E-state index contributed by atoms with van der Waals surface area (Å²) in [4.78, 5) is 5.14. The summed E-state index contributed by atoms with van der Waals surface area (Å²) in [7, 11) is 0. The molecule has 4 saturated carbocycles. The van der Waals surface area contributed by atoms with Crippen molar-refractivity contribution in [3.05, 3.63) is 173 Å². The van der Waals surface area contributed by atoms with Crippen LogP contribution in [0.1, 0.15) is 73.8 Å². The van der Waals surface area contributed by atoms with Gasteiger partial charge in [0, 0.05) is 22.0 Å². The van der Waals surface area contributed by atoms with Crippen molar-refractivity contribution < 1.29 is 0 Å². The van der Waals surface area contributed by atoms with Crippen molar-refractivity contribution in [2.45, 2.75) is 56.8 Å². The largest absolute Gasteiger partial charge is 0.248 e.